The molecule has 114 valence electrons. The average molecular weight is 299 g/mol. The average Bonchev–Trinajstić information content (AvgIpc) is 2.82. The molecule has 2 rings (SSSR count). The van der Waals surface area contributed by atoms with Gasteiger partial charge in [0.2, 0.25) is 0 Å². The molecule has 0 aromatic carbocycles. The van der Waals surface area contributed by atoms with Crippen molar-refractivity contribution in [2.24, 2.45) is 5.92 Å². The van der Waals surface area contributed by atoms with Gasteiger partial charge in [-0.1, -0.05) is 19.3 Å². The number of hydrogen-bond donors (Lipinski definition) is 0. The maximum atomic E-state index is 12.6. The van der Waals surface area contributed by atoms with Crippen LogP contribution in [0, 0.1) is 5.92 Å². The Bertz CT molecular complexity index is 600. The molecular weight excluding hydrogens is 284 g/mol. The highest BCUT2D eigenvalue weighted by molar-refractivity contribution is 6.73. The second-order valence-corrected chi connectivity index (χ2v) is 5.07. The van der Waals surface area contributed by atoms with Crippen LogP contribution in [-0.2, 0) is 13.2 Å². The summed E-state index contributed by atoms with van der Waals surface area (Å²) in [6, 6.07) is 0.941. The number of rotatable bonds is 6. The summed E-state index contributed by atoms with van der Waals surface area (Å²) in [6.07, 6.45) is 3.43. The summed E-state index contributed by atoms with van der Waals surface area (Å²) in [7, 11) is 0. The summed E-state index contributed by atoms with van der Waals surface area (Å²) in [5.74, 6) is 1.00. The van der Waals surface area contributed by atoms with Crippen molar-refractivity contribution in [3.8, 4) is 5.75 Å². The van der Waals surface area contributed by atoms with Crippen molar-refractivity contribution >= 4 is 12.4 Å². The zero-order valence-electron chi connectivity index (χ0n) is 11.7. The largest absolute Gasteiger partial charge is 0.511 e. The number of halogens is 3. The molecule has 2 aromatic rings. The van der Waals surface area contributed by atoms with Crippen LogP contribution in [0.5, 0.6) is 5.75 Å². The van der Waals surface area contributed by atoms with Gasteiger partial charge in [-0.15, -0.1) is 0 Å². The number of ether oxygens (including phenoxy) is 1. The lowest BCUT2D eigenvalue weighted by Crippen LogP contribution is -2.34. The van der Waals surface area contributed by atoms with Gasteiger partial charge < -0.3 is 17.7 Å². The molecule has 0 fully saturated rings. The Kier molecular flexibility index (Phi) is 4.49. The van der Waals surface area contributed by atoms with Crippen LogP contribution in [0.3, 0.4) is 0 Å². The van der Waals surface area contributed by atoms with Crippen LogP contribution >= 0.6 is 0 Å². The first kappa shape index (κ1) is 15.3. The van der Waals surface area contributed by atoms with Crippen LogP contribution in [0.15, 0.2) is 24.8 Å². The number of nitrogens with zero attached hydrogens (tertiary/aromatic N) is 4. The van der Waals surface area contributed by atoms with E-state index >= 15 is 0 Å². The van der Waals surface area contributed by atoms with E-state index in [1.807, 2.05) is 13.8 Å². The molecule has 0 saturated carbocycles. The maximum absolute atomic E-state index is 12.6. The van der Waals surface area contributed by atoms with Crippen LogP contribution in [-0.4, -0.2) is 26.7 Å². The van der Waals surface area contributed by atoms with Crippen molar-refractivity contribution in [2.75, 3.05) is 0 Å². The smallest absolute Gasteiger partial charge is 0.484 e. The first-order valence-corrected chi connectivity index (χ1v) is 6.50. The van der Waals surface area contributed by atoms with E-state index in [0.29, 0.717) is 18.3 Å². The van der Waals surface area contributed by atoms with E-state index in [1.165, 1.54) is 12.5 Å². The van der Waals surface area contributed by atoms with E-state index in [2.05, 4.69) is 15.1 Å². The second-order valence-electron chi connectivity index (χ2n) is 5.07. The molecule has 5 nitrogen and oxygen atoms in total. The third-order valence-corrected chi connectivity index (χ3v) is 2.71. The zero-order valence-corrected chi connectivity index (χ0v) is 11.7. The van der Waals surface area contributed by atoms with E-state index < -0.39 is 12.4 Å². The molecule has 0 atom stereocenters. The molecule has 2 heterocycles. The fraction of sp³-hybridized carbons (Fsp3) is 0.417. The van der Waals surface area contributed by atoms with E-state index in [-0.39, 0.29) is 12.4 Å². The Morgan fingerprint density at radius 2 is 2.05 bits per heavy atom. The van der Waals surface area contributed by atoms with Gasteiger partial charge in [0, 0.05) is 12.7 Å². The highest BCUT2D eigenvalue weighted by Gasteiger charge is 2.26. The molecule has 0 bridgehead atoms. The molecule has 0 saturated heterocycles. The van der Waals surface area contributed by atoms with Gasteiger partial charge in [-0.2, -0.15) is 5.10 Å². The van der Waals surface area contributed by atoms with E-state index in [1.54, 1.807) is 4.68 Å². The SMILES string of the molecule is CC(C)Cn1ncnc1COc1cncc([B-](F)(F)F)c1. The summed E-state index contributed by atoms with van der Waals surface area (Å²) in [4.78, 5) is 7.59. The third kappa shape index (κ3) is 4.20. The predicted molar refractivity (Wildman–Crippen MR) is 72.1 cm³/mol. The van der Waals surface area contributed by atoms with Gasteiger partial charge in [0.15, 0.2) is 5.82 Å². The Balaban J connectivity index is 2.05. The summed E-state index contributed by atoms with van der Waals surface area (Å²) in [5, 5.41) is 4.06. The summed E-state index contributed by atoms with van der Waals surface area (Å²) in [6.45, 7) is -0.304. The first-order chi connectivity index (χ1) is 9.86. The topological polar surface area (TPSA) is 52.8 Å². The Labute approximate surface area is 120 Å². The summed E-state index contributed by atoms with van der Waals surface area (Å²) < 4.78 is 44.9. The molecule has 0 spiro atoms. The minimum Gasteiger partial charge on any atom is -0.484 e. The van der Waals surface area contributed by atoms with E-state index in [0.717, 1.165) is 12.3 Å². The highest BCUT2D eigenvalue weighted by Crippen LogP contribution is 2.14. The van der Waals surface area contributed by atoms with Gasteiger partial charge in [0.25, 0.3) is 0 Å². The molecule has 0 radical (unpaired) electrons. The minimum atomic E-state index is -5.08. The van der Waals surface area contributed by atoms with E-state index in [4.69, 9.17) is 4.74 Å². The van der Waals surface area contributed by atoms with Crippen molar-refractivity contribution in [3.05, 3.63) is 30.6 Å². The molecule has 9 heteroatoms. The van der Waals surface area contributed by atoms with Gasteiger partial charge in [0.05, 0.1) is 6.20 Å². The van der Waals surface area contributed by atoms with Crippen molar-refractivity contribution in [2.45, 2.75) is 27.0 Å². The van der Waals surface area contributed by atoms with Gasteiger partial charge >= 0.3 is 6.98 Å². The molecule has 0 aliphatic heterocycles. The fourth-order valence-corrected chi connectivity index (χ4v) is 1.74. The lowest BCUT2D eigenvalue weighted by atomic mass is 9.81. The molecule has 0 aliphatic rings. The quantitative estimate of drug-likeness (QED) is 0.765. The molecule has 21 heavy (non-hydrogen) atoms. The fourth-order valence-electron chi connectivity index (χ4n) is 1.74. The predicted octanol–water partition coefficient (Wildman–Crippen LogP) is 1.96. The Morgan fingerprint density at radius 1 is 1.29 bits per heavy atom. The zero-order chi connectivity index (χ0) is 15.5. The molecule has 0 N–H and O–H groups in total. The molecule has 2 aromatic heterocycles. The van der Waals surface area contributed by atoms with Crippen LogP contribution < -0.4 is 10.2 Å². The van der Waals surface area contributed by atoms with Gasteiger partial charge in [-0.05, 0) is 12.0 Å². The molecule has 0 amide bonds. The summed E-state index contributed by atoms with van der Waals surface area (Å²) >= 11 is 0. The maximum Gasteiger partial charge on any atom is 0.511 e. The van der Waals surface area contributed by atoms with Gasteiger partial charge in [-0.3, -0.25) is 4.98 Å². The van der Waals surface area contributed by atoms with Crippen molar-refractivity contribution in [1.29, 1.82) is 0 Å². The van der Waals surface area contributed by atoms with Gasteiger partial charge in [0.1, 0.15) is 18.7 Å². The van der Waals surface area contributed by atoms with Crippen molar-refractivity contribution in [1.82, 2.24) is 19.7 Å². The second kappa shape index (κ2) is 6.15. The normalized spacial score (nSPS) is 11.9. The van der Waals surface area contributed by atoms with Crippen molar-refractivity contribution in [3.63, 3.8) is 0 Å². The highest BCUT2D eigenvalue weighted by atomic mass is 19.4. The molecule has 0 unspecified atom stereocenters. The third-order valence-electron chi connectivity index (χ3n) is 2.71. The monoisotopic (exact) mass is 299 g/mol. The Morgan fingerprint density at radius 3 is 2.71 bits per heavy atom. The number of pyridine rings is 1. The molecule has 0 aliphatic carbocycles. The van der Waals surface area contributed by atoms with Crippen LogP contribution in [0.25, 0.3) is 0 Å². The lowest BCUT2D eigenvalue weighted by molar-refractivity contribution is 0.281. The van der Waals surface area contributed by atoms with Crippen LogP contribution in [0.4, 0.5) is 12.9 Å². The van der Waals surface area contributed by atoms with Gasteiger partial charge in [-0.25, -0.2) is 9.67 Å². The Hall–Kier alpha value is -2.06. The van der Waals surface area contributed by atoms with Crippen LogP contribution in [0.1, 0.15) is 19.7 Å². The number of hydrogen-bond acceptors (Lipinski definition) is 4. The minimum absolute atomic E-state index is 0.0444. The summed E-state index contributed by atoms with van der Waals surface area (Å²) in [5.41, 5.74) is -0.781. The number of aromatic nitrogens is 4. The van der Waals surface area contributed by atoms with Crippen LogP contribution in [0.2, 0.25) is 0 Å². The lowest BCUT2D eigenvalue weighted by Gasteiger charge is -2.15. The first-order valence-electron chi connectivity index (χ1n) is 6.50. The molecular formula is C12H15BF3N4O-. The van der Waals surface area contributed by atoms with E-state index in [9.17, 15) is 12.9 Å². The standard InChI is InChI=1S/C12H15BF3N4O/c1-9(2)6-20-12(18-8-19-20)7-21-11-3-10(4-17-5-11)13(14,15)16/h3-5,8-9H,6-7H2,1-2H3/q-1. The van der Waals surface area contributed by atoms with Crippen molar-refractivity contribution < 1.29 is 17.7 Å².